The molecule has 0 radical (unpaired) electrons. The summed E-state index contributed by atoms with van der Waals surface area (Å²) in [5, 5.41) is 1.35. The first-order valence-electron chi connectivity index (χ1n) is 12.3. The first kappa shape index (κ1) is 23.4. The van der Waals surface area contributed by atoms with E-state index in [1.54, 1.807) is 0 Å². The molecule has 2 unspecified atom stereocenters. The van der Waals surface area contributed by atoms with Gasteiger partial charge >= 0.3 is 0 Å². The lowest BCUT2D eigenvalue weighted by Crippen LogP contribution is -2.51. The summed E-state index contributed by atoms with van der Waals surface area (Å²) >= 11 is 0. The van der Waals surface area contributed by atoms with E-state index >= 15 is 0 Å². The smallest absolute Gasteiger partial charge is 0.234 e. The van der Waals surface area contributed by atoms with Gasteiger partial charge in [-0.2, -0.15) is 0 Å². The zero-order chi connectivity index (χ0) is 23.8. The zero-order valence-electron chi connectivity index (χ0n) is 20.2. The molecule has 2 heterocycles. The predicted molar refractivity (Wildman–Crippen MR) is 138 cm³/mol. The number of sulfonamides is 1. The normalized spacial score (nSPS) is 23.3. The molecule has 2 fully saturated rings. The molecule has 34 heavy (non-hydrogen) atoms. The van der Waals surface area contributed by atoms with Crippen LogP contribution in [0.25, 0.3) is 10.9 Å². The van der Waals surface area contributed by atoms with Gasteiger partial charge in [-0.05, 0) is 67.0 Å². The van der Waals surface area contributed by atoms with Crippen LogP contribution in [0, 0.1) is 0 Å². The second kappa shape index (κ2) is 9.36. The SMILES string of the molecule is COCCS(=O)(=O)Nc1cccc(C23CCCC(C2)N(Cc2cn(C)c4ccccc24)CC3)c1. The number of hydrogen-bond donors (Lipinski definition) is 1. The van der Waals surface area contributed by atoms with E-state index in [2.05, 4.69) is 63.8 Å². The number of nitrogens with zero attached hydrogens (tertiary/aromatic N) is 2. The molecule has 2 bridgehead atoms. The maximum absolute atomic E-state index is 12.4. The van der Waals surface area contributed by atoms with Crippen molar-refractivity contribution >= 4 is 26.6 Å². The molecule has 1 saturated carbocycles. The van der Waals surface area contributed by atoms with Crippen molar-refractivity contribution in [3.63, 3.8) is 0 Å². The quantitative estimate of drug-likeness (QED) is 0.509. The van der Waals surface area contributed by atoms with Crippen LogP contribution < -0.4 is 4.72 Å². The first-order valence-corrected chi connectivity index (χ1v) is 13.9. The molecular formula is C27H35N3O3S. The lowest BCUT2D eigenvalue weighted by atomic mass is 9.63. The van der Waals surface area contributed by atoms with Crippen LogP contribution in [0.2, 0.25) is 0 Å². The van der Waals surface area contributed by atoms with Crippen LogP contribution >= 0.6 is 0 Å². The van der Waals surface area contributed by atoms with E-state index in [1.807, 2.05) is 12.1 Å². The first-order chi connectivity index (χ1) is 16.4. The maximum atomic E-state index is 12.4. The number of aryl methyl sites for hydroxylation is 1. The van der Waals surface area contributed by atoms with Crippen LogP contribution in [0.1, 0.15) is 43.2 Å². The number of ether oxygens (including phenoxy) is 1. The Balaban J connectivity index is 1.34. The van der Waals surface area contributed by atoms with E-state index in [-0.39, 0.29) is 17.8 Å². The Hall–Kier alpha value is -2.35. The number of hydrogen-bond acceptors (Lipinski definition) is 4. The Labute approximate surface area is 203 Å². The van der Waals surface area contributed by atoms with Crippen molar-refractivity contribution in [2.24, 2.45) is 7.05 Å². The van der Waals surface area contributed by atoms with Gasteiger partial charge in [-0.15, -0.1) is 0 Å². The molecule has 1 aliphatic heterocycles. The number of fused-ring (bicyclic) bond motifs is 3. The summed E-state index contributed by atoms with van der Waals surface area (Å²) in [6.45, 7) is 2.24. The van der Waals surface area contributed by atoms with Crippen LogP contribution in [-0.2, 0) is 33.8 Å². The highest BCUT2D eigenvalue weighted by Gasteiger charge is 2.43. The number of piperidine rings is 1. The van der Waals surface area contributed by atoms with Gasteiger partial charge < -0.3 is 9.30 Å². The Kier molecular flexibility index (Phi) is 6.44. The van der Waals surface area contributed by atoms with Crippen molar-refractivity contribution in [2.45, 2.75) is 50.1 Å². The van der Waals surface area contributed by atoms with Crippen molar-refractivity contribution in [3.05, 3.63) is 65.9 Å². The van der Waals surface area contributed by atoms with Gasteiger partial charge in [0, 0.05) is 49.5 Å². The third kappa shape index (κ3) is 4.61. The summed E-state index contributed by atoms with van der Waals surface area (Å²) in [7, 11) is 0.232. The highest BCUT2D eigenvalue weighted by molar-refractivity contribution is 7.92. The van der Waals surface area contributed by atoms with Crippen molar-refractivity contribution in [1.29, 1.82) is 0 Å². The van der Waals surface area contributed by atoms with Gasteiger partial charge in [0.25, 0.3) is 0 Å². The molecule has 1 N–H and O–H groups in total. The summed E-state index contributed by atoms with van der Waals surface area (Å²) < 4.78 is 34.7. The fraction of sp³-hybridized carbons (Fsp3) is 0.481. The number of para-hydroxylation sites is 1. The topological polar surface area (TPSA) is 63.6 Å². The predicted octanol–water partition coefficient (Wildman–Crippen LogP) is 4.65. The number of methoxy groups -OCH3 is 1. The van der Waals surface area contributed by atoms with E-state index in [0.29, 0.717) is 11.7 Å². The van der Waals surface area contributed by atoms with Gasteiger partial charge in [0.05, 0.1) is 12.4 Å². The van der Waals surface area contributed by atoms with Crippen molar-refractivity contribution < 1.29 is 13.2 Å². The van der Waals surface area contributed by atoms with Gasteiger partial charge in [-0.1, -0.05) is 36.8 Å². The van der Waals surface area contributed by atoms with Crippen molar-refractivity contribution in [3.8, 4) is 0 Å². The highest BCUT2D eigenvalue weighted by Crippen LogP contribution is 2.48. The van der Waals surface area contributed by atoms with E-state index < -0.39 is 10.0 Å². The Bertz CT molecular complexity index is 1270. The monoisotopic (exact) mass is 481 g/mol. The number of anilines is 1. The average molecular weight is 482 g/mol. The number of benzene rings is 2. The largest absolute Gasteiger partial charge is 0.384 e. The number of nitrogens with one attached hydrogen (secondary N) is 1. The van der Waals surface area contributed by atoms with E-state index in [1.165, 1.54) is 48.4 Å². The summed E-state index contributed by atoms with van der Waals surface area (Å²) in [6.07, 6.45) is 8.14. The molecule has 182 valence electrons. The minimum atomic E-state index is -3.41. The molecule has 1 aromatic heterocycles. The van der Waals surface area contributed by atoms with Crippen LogP contribution in [0.5, 0.6) is 0 Å². The minimum absolute atomic E-state index is 0.0376. The summed E-state index contributed by atoms with van der Waals surface area (Å²) in [4.78, 5) is 2.68. The fourth-order valence-corrected chi connectivity index (χ4v) is 7.11. The maximum Gasteiger partial charge on any atom is 0.234 e. The van der Waals surface area contributed by atoms with Crippen LogP contribution in [0.3, 0.4) is 0 Å². The third-order valence-electron chi connectivity index (χ3n) is 7.87. The van der Waals surface area contributed by atoms with Gasteiger partial charge in [0.1, 0.15) is 0 Å². The molecular weight excluding hydrogens is 446 g/mol. The van der Waals surface area contributed by atoms with Gasteiger partial charge in [-0.3, -0.25) is 9.62 Å². The number of likely N-dealkylation sites (tertiary alicyclic amines) is 1. The Morgan fingerprint density at radius 3 is 2.85 bits per heavy atom. The standard InChI is InChI=1S/C27H35N3O3S/c1-29-19-21(25-10-3-4-11-26(25)29)20-30-14-13-27(12-6-9-24(30)18-27)22-7-5-8-23(17-22)28-34(31,32)16-15-33-2/h3-5,7-8,10-11,17,19,24,28H,6,9,12-16,18,20H2,1-2H3. The fourth-order valence-electron chi connectivity index (χ4n) is 6.13. The molecule has 0 spiro atoms. The van der Waals surface area contributed by atoms with Gasteiger partial charge in [0.15, 0.2) is 0 Å². The summed E-state index contributed by atoms with van der Waals surface area (Å²) in [5.74, 6) is -0.0376. The highest BCUT2D eigenvalue weighted by atomic mass is 32.2. The molecule has 0 amide bonds. The lowest BCUT2D eigenvalue weighted by Gasteiger charge is -2.51. The Morgan fingerprint density at radius 1 is 1.15 bits per heavy atom. The molecule has 2 aliphatic rings. The van der Waals surface area contributed by atoms with Gasteiger partial charge in [0.2, 0.25) is 10.0 Å². The molecule has 6 nitrogen and oxygen atoms in total. The number of rotatable bonds is 8. The molecule has 2 aromatic carbocycles. The number of aromatic nitrogens is 1. The molecule has 1 saturated heterocycles. The lowest BCUT2D eigenvalue weighted by molar-refractivity contribution is 0.0461. The second-order valence-corrected chi connectivity index (χ2v) is 11.9. The molecule has 1 aliphatic carbocycles. The average Bonchev–Trinajstić information content (AvgIpc) is 3.15. The zero-order valence-corrected chi connectivity index (χ0v) is 21.0. The van der Waals surface area contributed by atoms with Crippen LogP contribution in [0.15, 0.2) is 54.7 Å². The molecule has 2 atom stereocenters. The van der Waals surface area contributed by atoms with E-state index in [0.717, 1.165) is 25.9 Å². The van der Waals surface area contributed by atoms with Crippen LogP contribution in [-0.4, -0.2) is 49.9 Å². The molecule has 3 aromatic rings. The van der Waals surface area contributed by atoms with Crippen molar-refractivity contribution in [2.75, 3.05) is 30.7 Å². The molecule has 5 rings (SSSR count). The van der Waals surface area contributed by atoms with E-state index in [9.17, 15) is 8.42 Å². The van der Waals surface area contributed by atoms with Gasteiger partial charge in [-0.25, -0.2) is 8.42 Å². The minimum Gasteiger partial charge on any atom is -0.384 e. The van der Waals surface area contributed by atoms with Crippen molar-refractivity contribution in [1.82, 2.24) is 9.47 Å². The third-order valence-corrected chi connectivity index (χ3v) is 9.12. The van der Waals surface area contributed by atoms with E-state index in [4.69, 9.17) is 4.74 Å². The summed E-state index contributed by atoms with van der Waals surface area (Å²) in [5.41, 5.74) is 4.75. The summed E-state index contributed by atoms with van der Waals surface area (Å²) in [6, 6.07) is 17.3. The Morgan fingerprint density at radius 2 is 2.00 bits per heavy atom. The van der Waals surface area contributed by atoms with Crippen LogP contribution in [0.4, 0.5) is 5.69 Å². The second-order valence-electron chi connectivity index (χ2n) is 10.0. The molecule has 7 heteroatoms.